The topological polar surface area (TPSA) is 86.7 Å². The van der Waals surface area contributed by atoms with Crippen LogP contribution in [-0.2, 0) is 14.4 Å². The maximum atomic E-state index is 11.5. The quantitative estimate of drug-likeness (QED) is 0.678. The number of likely N-dealkylation sites (tertiary alicyclic amines) is 1. The van der Waals surface area contributed by atoms with Crippen LogP contribution in [0.25, 0.3) is 0 Å². The van der Waals surface area contributed by atoms with Gasteiger partial charge in [0.2, 0.25) is 11.8 Å². The Morgan fingerprint density at radius 2 is 1.88 bits per heavy atom. The van der Waals surface area contributed by atoms with Crippen molar-refractivity contribution in [3.05, 3.63) is 0 Å². The molecule has 6 heteroatoms. The third-order valence-corrected chi connectivity index (χ3v) is 2.84. The van der Waals surface area contributed by atoms with Gasteiger partial charge in [-0.3, -0.25) is 14.4 Å². The first-order valence-electron chi connectivity index (χ1n) is 5.81. The van der Waals surface area contributed by atoms with Gasteiger partial charge in [0.05, 0.1) is 0 Å². The largest absolute Gasteiger partial charge is 0.481 e. The lowest BCUT2D eigenvalue weighted by Crippen LogP contribution is -2.46. The Hall–Kier alpha value is -1.59. The molecule has 1 saturated heterocycles. The van der Waals surface area contributed by atoms with E-state index in [1.54, 1.807) is 11.8 Å². The van der Waals surface area contributed by atoms with Crippen molar-refractivity contribution in [3.63, 3.8) is 0 Å². The number of aliphatic carboxylic acids is 1. The molecule has 1 fully saturated rings. The van der Waals surface area contributed by atoms with Crippen LogP contribution in [0.15, 0.2) is 0 Å². The molecule has 2 N–H and O–H groups in total. The van der Waals surface area contributed by atoms with Crippen molar-refractivity contribution in [2.75, 3.05) is 13.1 Å². The summed E-state index contributed by atoms with van der Waals surface area (Å²) in [6, 6.07) is 0.108. The van der Waals surface area contributed by atoms with Gasteiger partial charge in [-0.05, 0) is 12.8 Å². The Labute approximate surface area is 100.0 Å². The van der Waals surface area contributed by atoms with Crippen LogP contribution in [0.5, 0.6) is 0 Å². The first kappa shape index (κ1) is 13.5. The number of nitrogens with one attached hydrogen (secondary N) is 1. The molecule has 1 aliphatic heterocycles. The fraction of sp³-hybridized carbons (Fsp3) is 0.727. The second-order valence-electron chi connectivity index (χ2n) is 4.15. The highest BCUT2D eigenvalue weighted by Gasteiger charge is 2.24. The maximum absolute atomic E-state index is 11.5. The molecule has 1 aliphatic rings. The highest BCUT2D eigenvalue weighted by atomic mass is 16.4. The molecule has 0 aromatic carbocycles. The zero-order chi connectivity index (χ0) is 12.8. The second-order valence-corrected chi connectivity index (χ2v) is 4.15. The minimum Gasteiger partial charge on any atom is -0.481 e. The predicted octanol–water partition coefficient (Wildman–Crippen LogP) is -0.0217. The number of carboxylic acids is 1. The highest BCUT2D eigenvalue weighted by molar-refractivity contribution is 5.93. The third kappa shape index (κ3) is 4.42. The summed E-state index contributed by atoms with van der Waals surface area (Å²) in [4.78, 5) is 34.6. The Balaban J connectivity index is 2.32. The Bertz CT molecular complexity index is 309. The molecule has 0 atom stereocenters. The van der Waals surface area contributed by atoms with Crippen molar-refractivity contribution < 1.29 is 19.5 Å². The summed E-state index contributed by atoms with van der Waals surface area (Å²) in [6.45, 7) is 2.82. The van der Waals surface area contributed by atoms with Gasteiger partial charge in [0, 0.05) is 25.6 Å². The highest BCUT2D eigenvalue weighted by Crippen LogP contribution is 2.11. The van der Waals surface area contributed by atoms with E-state index in [9.17, 15) is 14.4 Å². The van der Waals surface area contributed by atoms with Crippen molar-refractivity contribution in [3.8, 4) is 0 Å². The molecule has 0 aromatic heterocycles. The van der Waals surface area contributed by atoms with Crippen molar-refractivity contribution in [2.45, 2.75) is 38.6 Å². The molecule has 0 bridgehead atoms. The van der Waals surface area contributed by atoms with Gasteiger partial charge in [0.15, 0.2) is 0 Å². The van der Waals surface area contributed by atoms with Gasteiger partial charge in [-0.1, -0.05) is 6.92 Å². The third-order valence-electron chi connectivity index (χ3n) is 2.84. The molecule has 0 aromatic rings. The lowest BCUT2D eigenvalue weighted by Gasteiger charge is -2.32. The van der Waals surface area contributed by atoms with Gasteiger partial charge in [0.1, 0.15) is 6.42 Å². The standard InChI is InChI=1S/C11H18N2O4/c1-2-9(14)12-8-3-5-13(6-4-8)10(15)7-11(16)17/h8H,2-7H2,1H3,(H,12,14)(H,16,17). The van der Waals surface area contributed by atoms with Crippen molar-refractivity contribution in [2.24, 2.45) is 0 Å². The van der Waals surface area contributed by atoms with E-state index in [-0.39, 0.29) is 17.9 Å². The maximum Gasteiger partial charge on any atom is 0.312 e. The number of amides is 2. The molecule has 0 aliphatic carbocycles. The average Bonchev–Trinajstić information content (AvgIpc) is 2.28. The molecule has 0 unspecified atom stereocenters. The van der Waals surface area contributed by atoms with E-state index < -0.39 is 12.4 Å². The SMILES string of the molecule is CCC(=O)NC1CCN(C(=O)CC(=O)O)CC1. The number of carboxylic acid groups (broad SMARTS) is 1. The minimum atomic E-state index is -1.10. The molecule has 0 saturated carbocycles. The molecule has 17 heavy (non-hydrogen) atoms. The summed E-state index contributed by atoms with van der Waals surface area (Å²) < 4.78 is 0. The summed E-state index contributed by atoms with van der Waals surface area (Å²) in [5.74, 6) is -1.44. The van der Waals surface area contributed by atoms with E-state index in [0.717, 1.165) is 0 Å². The molecule has 1 heterocycles. The zero-order valence-corrected chi connectivity index (χ0v) is 9.94. The minimum absolute atomic E-state index is 0.0142. The molecule has 1 rings (SSSR count). The van der Waals surface area contributed by atoms with Gasteiger partial charge in [-0.25, -0.2) is 0 Å². The van der Waals surface area contributed by atoms with E-state index >= 15 is 0 Å². The van der Waals surface area contributed by atoms with E-state index in [0.29, 0.717) is 32.4 Å². The molecular weight excluding hydrogens is 224 g/mol. The fourth-order valence-corrected chi connectivity index (χ4v) is 1.84. The van der Waals surface area contributed by atoms with Gasteiger partial charge < -0.3 is 15.3 Å². The molecule has 96 valence electrons. The second kappa shape index (κ2) is 6.22. The summed E-state index contributed by atoms with van der Waals surface area (Å²) in [5, 5.41) is 11.4. The van der Waals surface area contributed by atoms with Crippen molar-refractivity contribution >= 4 is 17.8 Å². The Kier molecular flexibility index (Phi) is 4.93. The normalized spacial score (nSPS) is 16.6. The predicted molar refractivity (Wildman–Crippen MR) is 60.3 cm³/mol. The summed E-state index contributed by atoms with van der Waals surface area (Å²) >= 11 is 0. The molecule has 6 nitrogen and oxygen atoms in total. The lowest BCUT2D eigenvalue weighted by atomic mass is 10.0. The van der Waals surface area contributed by atoms with Crippen molar-refractivity contribution in [1.82, 2.24) is 10.2 Å². The average molecular weight is 242 g/mol. The van der Waals surface area contributed by atoms with Crippen LogP contribution >= 0.6 is 0 Å². The number of carbonyl (C=O) groups excluding carboxylic acids is 2. The van der Waals surface area contributed by atoms with Gasteiger partial charge >= 0.3 is 5.97 Å². The number of piperidine rings is 1. The van der Waals surface area contributed by atoms with Crippen LogP contribution in [0.2, 0.25) is 0 Å². The zero-order valence-electron chi connectivity index (χ0n) is 9.94. The number of nitrogens with zero attached hydrogens (tertiary/aromatic N) is 1. The Morgan fingerprint density at radius 1 is 1.29 bits per heavy atom. The van der Waals surface area contributed by atoms with Crippen LogP contribution in [0.3, 0.4) is 0 Å². The number of rotatable bonds is 4. The summed E-state index contributed by atoms with van der Waals surface area (Å²) in [7, 11) is 0. The summed E-state index contributed by atoms with van der Waals surface area (Å²) in [5.41, 5.74) is 0. The van der Waals surface area contributed by atoms with Crippen LogP contribution in [0, 0.1) is 0 Å². The van der Waals surface area contributed by atoms with Gasteiger partial charge in [-0.15, -0.1) is 0 Å². The van der Waals surface area contributed by atoms with Crippen LogP contribution in [0.4, 0.5) is 0 Å². The van der Waals surface area contributed by atoms with Crippen LogP contribution in [0.1, 0.15) is 32.6 Å². The first-order chi connectivity index (χ1) is 8.02. The smallest absolute Gasteiger partial charge is 0.312 e. The first-order valence-corrected chi connectivity index (χ1v) is 5.81. The van der Waals surface area contributed by atoms with Crippen LogP contribution < -0.4 is 5.32 Å². The van der Waals surface area contributed by atoms with Crippen LogP contribution in [-0.4, -0.2) is 46.9 Å². The Morgan fingerprint density at radius 3 is 2.35 bits per heavy atom. The lowest BCUT2D eigenvalue weighted by molar-refractivity contribution is -0.144. The molecule has 0 spiro atoms. The number of hydrogen-bond donors (Lipinski definition) is 2. The molecular formula is C11H18N2O4. The summed E-state index contributed by atoms with van der Waals surface area (Å²) in [6.07, 6.45) is 1.39. The fourth-order valence-electron chi connectivity index (χ4n) is 1.84. The van der Waals surface area contributed by atoms with E-state index in [4.69, 9.17) is 5.11 Å². The van der Waals surface area contributed by atoms with Gasteiger partial charge in [0.25, 0.3) is 0 Å². The van der Waals surface area contributed by atoms with E-state index in [2.05, 4.69) is 5.32 Å². The van der Waals surface area contributed by atoms with Crippen molar-refractivity contribution in [1.29, 1.82) is 0 Å². The monoisotopic (exact) mass is 242 g/mol. The van der Waals surface area contributed by atoms with Gasteiger partial charge in [-0.2, -0.15) is 0 Å². The molecule has 0 radical (unpaired) electrons. The molecule has 2 amide bonds. The van der Waals surface area contributed by atoms with E-state index in [1.165, 1.54) is 0 Å². The number of carbonyl (C=O) groups is 3. The number of hydrogen-bond acceptors (Lipinski definition) is 3. The van der Waals surface area contributed by atoms with E-state index in [1.807, 2.05) is 0 Å².